The molecule has 0 aliphatic carbocycles. The van der Waals surface area contributed by atoms with Gasteiger partial charge in [-0.05, 0) is 28.8 Å². The van der Waals surface area contributed by atoms with E-state index in [1.165, 1.54) is 16.7 Å². The summed E-state index contributed by atoms with van der Waals surface area (Å²) >= 11 is 3.46. The summed E-state index contributed by atoms with van der Waals surface area (Å²) in [4.78, 5) is 0. The van der Waals surface area contributed by atoms with Crippen LogP contribution in [0.3, 0.4) is 0 Å². The summed E-state index contributed by atoms with van der Waals surface area (Å²) < 4.78 is 6.24. The minimum Gasteiger partial charge on any atom is -0.380 e. The maximum Gasteiger partial charge on any atom is 0.0713 e. The van der Waals surface area contributed by atoms with E-state index in [0.717, 1.165) is 4.47 Å². The first-order valence-corrected chi connectivity index (χ1v) is 6.83. The third kappa shape index (κ3) is 3.21. The third-order valence-corrected chi connectivity index (χ3v) is 3.69. The molecule has 2 heteroatoms. The van der Waals surface area contributed by atoms with E-state index in [9.17, 15) is 0 Å². The normalized spacial score (nSPS) is 12.4. The minimum atomic E-state index is 0.412. The fourth-order valence-electron chi connectivity index (χ4n) is 2.01. The molecule has 2 aromatic rings. The van der Waals surface area contributed by atoms with Crippen molar-refractivity contribution in [3.05, 3.63) is 69.7 Å². The van der Waals surface area contributed by atoms with Crippen LogP contribution in [0.5, 0.6) is 0 Å². The van der Waals surface area contributed by atoms with Crippen LogP contribution >= 0.6 is 15.9 Å². The largest absolute Gasteiger partial charge is 0.380 e. The molecule has 94 valence electrons. The number of rotatable bonds is 4. The quantitative estimate of drug-likeness (QED) is 0.792. The first-order valence-electron chi connectivity index (χ1n) is 6.04. The molecule has 0 bridgehead atoms. The average Bonchev–Trinajstić information content (AvgIpc) is 2.40. The second-order valence-corrected chi connectivity index (χ2v) is 5.36. The molecule has 1 atom stereocenters. The van der Waals surface area contributed by atoms with E-state index >= 15 is 0 Å². The molecule has 2 aromatic carbocycles. The highest BCUT2D eigenvalue weighted by Crippen LogP contribution is 2.25. The van der Waals surface area contributed by atoms with Crippen molar-refractivity contribution in [1.29, 1.82) is 0 Å². The van der Waals surface area contributed by atoms with Gasteiger partial charge in [-0.2, -0.15) is 0 Å². The lowest BCUT2D eigenvalue weighted by molar-refractivity contribution is 0.185. The van der Waals surface area contributed by atoms with Gasteiger partial charge in [-0.3, -0.25) is 0 Å². The van der Waals surface area contributed by atoms with Gasteiger partial charge in [-0.25, -0.2) is 0 Å². The number of benzene rings is 2. The summed E-state index contributed by atoms with van der Waals surface area (Å²) in [6.45, 7) is 2.90. The van der Waals surface area contributed by atoms with E-state index in [1.807, 2.05) is 0 Å². The maximum atomic E-state index is 5.12. The van der Waals surface area contributed by atoms with Gasteiger partial charge < -0.3 is 4.74 Å². The van der Waals surface area contributed by atoms with Gasteiger partial charge in [0, 0.05) is 17.5 Å². The van der Waals surface area contributed by atoms with Crippen LogP contribution in [-0.4, -0.2) is 7.11 Å². The van der Waals surface area contributed by atoms with Crippen LogP contribution in [0, 0.1) is 0 Å². The summed E-state index contributed by atoms with van der Waals surface area (Å²) in [6.07, 6.45) is 0. The molecule has 0 aromatic heterocycles. The molecule has 18 heavy (non-hydrogen) atoms. The molecule has 0 saturated carbocycles. The van der Waals surface area contributed by atoms with Crippen molar-refractivity contribution >= 4 is 15.9 Å². The van der Waals surface area contributed by atoms with Gasteiger partial charge in [0.2, 0.25) is 0 Å². The van der Waals surface area contributed by atoms with Crippen molar-refractivity contribution in [3.63, 3.8) is 0 Å². The standard InChI is InChI=1S/C16H17BrO/c1-12(15-7-9-16(17)10-8-15)14-5-3-13(4-6-14)11-18-2/h3-10,12H,11H2,1-2H3. The molecule has 1 nitrogen and oxygen atoms in total. The van der Waals surface area contributed by atoms with Crippen molar-refractivity contribution in [2.24, 2.45) is 0 Å². The van der Waals surface area contributed by atoms with Gasteiger partial charge in [-0.15, -0.1) is 0 Å². The molecule has 0 spiro atoms. The Morgan fingerprint density at radius 2 is 1.44 bits per heavy atom. The Hall–Kier alpha value is -1.12. The number of methoxy groups -OCH3 is 1. The predicted molar refractivity (Wildman–Crippen MR) is 78.8 cm³/mol. The monoisotopic (exact) mass is 304 g/mol. The second-order valence-electron chi connectivity index (χ2n) is 4.45. The SMILES string of the molecule is COCc1ccc(C(C)c2ccc(Br)cc2)cc1. The molecular formula is C16H17BrO. The van der Waals surface area contributed by atoms with E-state index in [1.54, 1.807) is 7.11 Å². The second kappa shape index (κ2) is 6.17. The van der Waals surface area contributed by atoms with Crippen molar-refractivity contribution in [3.8, 4) is 0 Å². The summed E-state index contributed by atoms with van der Waals surface area (Å²) in [6, 6.07) is 17.1. The zero-order valence-electron chi connectivity index (χ0n) is 10.7. The Balaban J connectivity index is 2.17. The number of halogens is 1. The smallest absolute Gasteiger partial charge is 0.0713 e. The van der Waals surface area contributed by atoms with Gasteiger partial charge in [0.1, 0.15) is 0 Å². The van der Waals surface area contributed by atoms with Crippen LogP contribution in [0.25, 0.3) is 0 Å². The van der Waals surface area contributed by atoms with Gasteiger partial charge in [0.15, 0.2) is 0 Å². The zero-order valence-corrected chi connectivity index (χ0v) is 12.3. The Labute approximate surface area is 117 Å². The number of hydrogen-bond donors (Lipinski definition) is 0. The van der Waals surface area contributed by atoms with Crippen LogP contribution in [0.1, 0.15) is 29.5 Å². The van der Waals surface area contributed by atoms with E-state index in [-0.39, 0.29) is 0 Å². The van der Waals surface area contributed by atoms with Gasteiger partial charge >= 0.3 is 0 Å². The highest BCUT2D eigenvalue weighted by molar-refractivity contribution is 9.10. The lowest BCUT2D eigenvalue weighted by atomic mass is 9.93. The van der Waals surface area contributed by atoms with Crippen molar-refractivity contribution < 1.29 is 4.74 Å². The highest BCUT2D eigenvalue weighted by atomic mass is 79.9. The Bertz CT molecular complexity index is 488. The fraction of sp³-hybridized carbons (Fsp3) is 0.250. The zero-order chi connectivity index (χ0) is 13.0. The first-order chi connectivity index (χ1) is 8.70. The molecule has 0 aliphatic rings. The van der Waals surface area contributed by atoms with Crippen LogP contribution < -0.4 is 0 Å². The number of ether oxygens (including phenoxy) is 1. The minimum absolute atomic E-state index is 0.412. The van der Waals surface area contributed by atoms with Crippen molar-refractivity contribution in [2.45, 2.75) is 19.4 Å². The van der Waals surface area contributed by atoms with E-state index in [4.69, 9.17) is 4.74 Å². The number of hydrogen-bond acceptors (Lipinski definition) is 1. The summed E-state index contributed by atoms with van der Waals surface area (Å²) in [5, 5.41) is 0. The average molecular weight is 305 g/mol. The Morgan fingerprint density at radius 1 is 0.944 bits per heavy atom. The Kier molecular flexibility index (Phi) is 4.56. The van der Waals surface area contributed by atoms with Crippen molar-refractivity contribution in [1.82, 2.24) is 0 Å². The van der Waals surface area contributed by atoms with Crippen LogP contribution in [0.15, 0.2) is 53.0 Å². The molecule has 0 radical (unpaired) electrons. The lowest BCUT2D eigenvalue weighted by Gasteiger charge is -2.13. The molecule has 2 rings (SSSR count). The van der Waals surface area contributed by atoms with Gasteiger partial charge in [-0.1, -0.05) is 59.3 Å². The van der Waals surface area contributed by atoms with Crippen LogP contribution in [-0.2, 0) is 11.3 Å². The summed E-state index contributed by atoms with van der Waals surface area (Å²) in [7, 11) is 1.72. The molecule has 0 saturated heterocycles. The third-order valence-electron chi connectivity index (χ3n) is 3.16. The Morgan fingerprint density at radius 3 is 1.94 bits per heavy atom. The molecule has 0 heterocycles. The predicted octanol–water partition coefficient (Wildman–Crippen LogP) is 4.75. The van der Waals surface area contributed by atoms with E-state index in [2.05, 4.69) is 71.4 Å². The molecule has 0 N–H and O–H groups in total. The molecule has 0 aliphatic heterocycles. The molecule has 0 fully saturated rings. The lowest BCUT2D eigenvalue weighted by Crippen LogP contribution is -1.96. The van der Waals surface area contributed by atoms with Gasteiger partial charge in [0.25, 0.3) is 0 Å². The summed E-state index contributed by atoms with van der Waals surface area (Å²) in [5.74, 6) is 0.412. The summed E-state index contributed by atoms with van der Waals surface area (Å²) in [5.41, 5.74) is 3.87. The topological polar surface area (TPSA) is 9.23 Å². The van der Waals surface area contributed by atoms with Crippen LogP contribution in [0.4, 0.5) is 0 Å². The van der Waals surface area contributed by atoms with E-state index in [0.29, 0.717) is 12.5 Å². The maximum absolute atomic E-state index is 5.12. The fourth-order valence-corrected chi connectivity index (χ4v) is 2.28. The van der Waals surface area contributed by atoms with Gasteiger partial charge in [0.05, 0.1) is 6.61 Å². The highest BCUT2D eigenvalue weighted by Gasteiger charge is 2.07. The molecule has 1 unspecified atom stereocenters. The van der Waals surface area contributed by atoms with Crippen molar-refractivity contribution in [2.75, 3.05) is 7.11 Å². The first kappa shape index (κ1) is 13.3. The molecular weight excluding hydrogens is 288 g/mol. The van der Waals surface area contributed by atoms with E-state index < -0.39 is 0 Å². The molecule has 0 amide bonds. The van der Waals surface area contributed by atoms with Crippen LogP contribution in [0.2, 0.25) is 0 Å².